The molecule has 25 heavy (non-hydrogen) atoms. The van der Waals surface area contributed by atoms with Gasteiger partial charge in [0.25, 0.3) is 0 Å². The minimum Gasteiger partial charge on any atom is -0.302 e. The predicted molar refractivity (Wildman–Crippen MR) is 105 cm³/mol. The third kappa shape index (κ3) is 4.74. The molecule has 0 unspecified atom stereocenters. The molecular formula is C20H20ClN3S. The molecule has 1 heterocycles. The van der Waals surface area contributed by atoms with Gasteiger partial charge in [-0.25, -0.2) is 0 Å². The van der Waals surface area contributed by atoms with Crippen molar-refractivity contribution in [3.8, 4) is 0 Å². The first-order valence-electron chi connectivity index (χ1n) is 8.21. The molecule has 0 aliphatic carbocycles. The van der Waals surface area contributed by atoms with Gasteiger partial charge in [0.05, 0.1) is 0 Å². The zero-order valence-electron chi connectivity index (χ0n) is 13.9. The summed E-state index contributed by atoms with van der Waals surface area (Å²) in [5, 5.41) is 10.5. The Labute approximate surface area is 157 Å². The summed E-state index contributed by atoms with van der Waals surface area (Å²) in [7, 11) is 0. The Balaban J connectivity index is 1.70. The van der Waals surface area contributed by atoms with Gasteiger partial charge in [-0.15, -0.1) is 16.8 Å². The van der Waals surface area contributed by atoms with Gasteiger partial charge in [-0.05, 0) is 23.6 Å². The summed E-state index contributed by atoms with van der Waals surface area (Å²) in [4.78, 5) is 0. The van der Waals surface area contributed by atoms with E-state index in [9.17, 15) is 0 Å². The van der Waals surface area contributed by atoms with Gasteiger partial charge in [0.15, 0.2) is 5.16 Å². The lowest BCUT2D eigenvalue weighted by molar-refractivity contribution is 0.673. The number of thioether (sulfide) groups is 1. The average molecular weight is 370 g/mol. The van der Waals surface area contributed by atoms with Crippen LogP contribution in [0.15, 0.2) is 72.4 Å². The normalized spacial score (nSPS) is 10.8. The number of halogens is 1. The molecule has 0 saturated carbocycles. The molecule has 3 nitrogen and oxygen atoms in total. The monoisotopic (exact) mass is 369 g/mol. The molecule has 0 radical (unpaired) electrons. The molecule has 2 aromatic carbocycles. The summed E-state index contributed by atoms with van der Waals surface area (Å²) >= 11 is 7.90. The van der Waals surface area contributed by atoms with Crippen LogP contribution in [0.1, 0.15) is 17.0 Å². The first kappa shape index (κ1) is 17.8. The summed E-state index contributed by atoms with van der Waals surface area (Å²) in [6, 6.07) is 18.3. The van der Waals surface area contributed by atoms with Crippen LogP contribution >= 0.6 is 23.4 Å². The second-order valence-electron chi connectivity index (χ2n) is 5.66. The number of allylic oxidation sites excluding steroid dienone is 1. The minimum atomic E-state index is 0.710. The molecule has 0 N–H and O–H groups in total. The Hall–Kier alpha value is -2.04. The topological polar surface area (TPSA) is 30.7 Å². The highest BCUT2D eigenvalue weighted by Crippen LogP contribution is 2.26. The number of rotatable bonds is 8. The van der Waals surface area contributed by atoms with E-state index in [-0.39, 0.29) is 0 Å². The van der Waals surface area contributed by atoms with Crippen molar-refractivity contribution in [1.82, 2.24) is 14.8 Å². The molecule has 0 aliphatic heterocycles. The van der Waals surface area contributed by atoms with Crippen molar-refractivity contribution in [2.45, 2.75) is 30.3 Å². The van der Waals surface area contributed by atoms with Crippen LogP contribution in [0.5, 0.6) is 0 Å². The van der Waals surface area contributed by atoms with Crippen molar-refractivity contribution in [1.29, 1.82) is 0 Å². The molecule has 0 amide bonds. The van der Waals surface area contributed by atoms with Crippen LogP contribution in [0.25, 0.3) is 0 Å². The van der Waals surface area contributed by atoms with Crippen LogP contribution in [0, 0.1) is 0 Å². The van der Waals surface area contributed by atoms with Crippen LogP contribution in [0.3, 0.4) is 0 Å². The Bertz CT molecular complexity index is 830. The van der Waals surface area contributed by atoms with Crippen molar-refractivity contribution in [3.63, 3.8) is 0 Å². The predicted octanol–water partition coefficient (Wildman–Crippen LogP) is 5.20. The van der Waals surface area contributed by atoms with Gasteiger partial charge in [0.1, 0.15) is 5.82 Å². The SMILES string of the molecule is C=CCn1c(CCc2ccccc2)nnc1SCc1ccccc1Cl. The van der Waals surface area contributed by atoms with Crippen LogP contribution in [0.4, 0.5) is 0 Å². The average Bonchev–Trinajstić information content (AvgIpc) is 3.02. The van der Waals surface area contributed by atoms with Crippen LogP contribution in [0.2, 0.25) is 5.02 Å². The molecule has 1 aromatic heterocycles. The van der Waals surface area contributed by atoms with E-state index in [1.54, 1.807) is 11.8 Å². The number of benzene rings is 2. The van der Waals surface area contributed by atoms with E-state index in [2.05, 4.69) is 45.6 Å². The van der Waals surface area contributed by atoms with E-state index in [4.69, 9.17) is 11.6 Å². The van der Waals surface area contributed by atoms with Crippen molar-refractivity contribution < 1.29 is 0 Å². The van der Waals surface area contributed by atoms with E-state index < -0.39 is 0 Å². The maximum atomic E-state index is 6.24. The summed E-state index contributed by atoms with van der Waals surface area (Å²) in [6.45, 7) is 4.57. The van der Waals surface area contributed by atoms with Crippen molar-refractivity contribution in [2.24, 2.45) is 0 Å². The van der Waals surface area contributed by atoms with Crippen LogP contribution < -0.4 is 0 Å². The number of aryl methyl sites for hydroxylation is 2. The van der Waals surface area contributed by atoms with Crippen LogP contribution in [-0.4, -0.2) is 14.8 Å². The molecule has 0 spiro atoms. The highest BCUT2D eigenvalue weighted by molar-refractivity contribution is 7.98. The number of nitrogens with zero attached hydrogens (tertiary/aromatic N) is 3. The van der Waals surface area contributed by atoms with Crippen molar-refractivity contribution in [3.05, 3.63) is 89.2 Å². The summed E-state index contributed by atoms with van der Waals surface area (Å²) in [5.41, 5.74) is 2.41. The lowest BCUT2D eigenvalue weighted by Crippen LogP contribution is -2.05. The van der Waals surface area contributed by atoms with E-state index in [0.717, 1.165) is 40.2 Å². The fourth-order valence-electron chi connectivity index (χ4n) is 2.58. The fourth-order valence-corrected chi connectivity index (χ4v) is 3.83. The third-order valence-corrected chi connectivity index (χ3v) is 5.28. The molecule has 5 heteroatoms. The van der Waals surface area contributed by atoms with Gasteiger partial charge in [-0.2, -0.15) is 0 Å². The molecule has 0 fully saturated rings. The van der Waals surface area contributed by atoms with Gasteiger partial charge in [0.2, 0.25) is 0 Å². The van der Waals surface area contributed by atoms with E-state index in [1.807, 2.05) is 36.4 Å². The van der Waals surface area contributed by atoms with Gasteiger partial charge < -0.3 is 4.57 Å². The highest BCUT2D eigenvalue weighted by atomic mass is 35.5. The quantitative estimate of drug-likeness (QED) is 0.404. The smallest absolute Gasteiger partial charge is 0.191 e. The van der Waals surface area contributed by atoms with E-state index in [1.165, 1.54) is 5.56 Å². The Morgan fingerprint density at radius 3 is 2.52 bits per heavy atom. The molecule has 0 bridgehead atoms. The molecule has 0 aliphatic rings. The van der Waals surface area contributed by atoms with E-state index >= 15 is 0 Å². The second-order valence-corrected chi connectivity index (χ2v) is 7.01. The van der Waals surface area contributed by atoms with Gasteiger partial charge in [-0.1, -0.05) is 78.0 Å². The Morgan fingerprint density at radius 1 is 1.00 bits per heavy atom. The molecule has 128 valence electrons. The van der Waals surface area contributed by atoms with Crippen molar-refractivity contribution >= 4 is 23.4 Å². The zero-order chi connectivity index (χ0) is 17.5. The molecule has 3 aromatic rings. The lowest BCUT2D eigenvalue weighted by atomic mass is 10.1. The second kappa shape index (κ2) is 8.88. The number of hydrogen-bond acceptors (Lipinski definition) is 3. The van der Waals surface area contributed by atoms with E-state index in [0.29, 0.717) is 6.54 Å². The molecule has 0 atom stereocenters. The lowest BCUT2D eigenvalue weighted by Gasteiger charge is -2.08. The zero-order valence-corrected chi connectivity index (χ0v) is 15.5. The first-order valence-corrected chi connectivity index (χ1v) is 9.57. The number of hydrogen-bond donors (Lipinski definition) is 0. The molecule has 0 saturated heterocycles. The standard InChI is InChI=1S/C20H20ClN3S/c1-2-14-24-19(13-12-16-8-4-3-5-9-16)22-23-20(24)25-15-17-10-6-7-11-18(17)21/h2-11H,1,12-15H2. The van der Waals surface area contributed by atoms with Gasteiger partial charge in [0, 0.05) is 23.7 Å². The minimum absolute atomic E-state index is 0.710. The summed E-state index contributed by atoms with van der Waals surface area (Å²) in [6.07, 6.45) is 3.69. The Morgan fingerprint density at radius 2 is 1.76 bits per heavy atom. The maximum absolute atomic E-state index is 6.24. The summed E-state index contributed by atoms with van der Waals surface area (Å²) < 4.78 is 2.14. The highest BCUT2D eigenvalue weighted by Gasteiger charge is 2.12. The van der Waals surface area contributed by atoms with Crippen LogP contribution in [-0.2, 0) is 25.1 Å². The molecular weight excluding hydrogens is 350 g/mol. The van der Waals surface area contributed by atoms with Gasteiger partial charge in [-0.3, -0.25) is 0 Å². The first-order chi connectivity index (χ1) is 12.3. The Kier molecular flexibility index (Phi) is 6.31. The third-order valence-electron chi connectivity index (χ3n) is 3.90. The fraction of sp³-hybridized carbons (Fsp3) is 0.200. The van der Waals surface area contributed by atoms with Crippen molar-refractivity contribution in [2.75, 3.05) is 0 Å². The summed E-state index contributed by atoms with van der Waals surface area (Å²) in [5.74, 6) is 1.76. The molecule has 3 rings (SSSR count). The maximum Gasteiger partial charge on any atom is 0.191 e. The largest absolute Gasteiger partial charge is 0.302 e. The number of aromatic nitrogens is 3. The van der Waals surface area contributed by atoms with Gasteiger partial charge >= 0.3 is 0 Å².